The highest BCUT2D eigenvalue weighted by atomic mass is 16.5. The first-order chi connectivity index (χ1) is 21.2. The number of ether oxygens (including phenoxy) is 1. The normalized spacial score (nSPS) is 17.2. The number of carbonyl (C=O) groups excluding carboxylic acids is 1. The Labute approximate surface area is 258 Å². The molecule has 0 unspecified atom stereocenters. The number of benzene rings is 1. The van der Waals surface area contributed by atoms with E-state index >= 15 is 0 Å². The van der Waals surface area contributed by atoms with Crippen LogP contribution in [0.1, 0.15) is 37.0 Å². The fraction of sp³-hybridized carbons (Fsp3) is 0.455. The van der Waals surface area contributed by atoms with Crippen LogP contribution in [0.15, 0.2) is 55.0 Å². The number of amides is 1. The number of pyridine rings is 2. The summed E-state index contributed by atoms with van der Waals surface area (Å²) < 4.78 is 7.36. The number of nitrogens with zero attached hydrogens (tertiary/aromatic N) is 7. The van der Waals surface area contributed by atoms with Gasteiger partial charge >= 0.3 is 0 Å². The predicted molar refractivity (Wildman–Crippen MR) is 172 cm³/mol. The van der Waals surface area contributed by atoms with Gasteiger partial charge in [-0.25, -0.2) is 4.98 Å². The summed E-state index contributed by atoms with van der Waals surface area (Å²) in [7, 11) is 3.79. The van der Waals surface area contributed by atoms with Crippen LogP contribution in [-0.4, -0.2) is 105 Å². The van der Waals surface area contributed by atoms with E-state index in [1.54, 1.807) is 57.7 Å². The van der Waals surface area contributed by atoms with E-state index in [1.165, 1.54) is 0 Å². The maximum atomic E-state index is 13.5. The first kappa shape index (κ1) is 30.0. The zero-order valence-corrected chi connectivity index (χ0v) is 26.0. The Hall–Kier alpha value is -4.06. The van der Waals surface area contributed by atoms with Gasteiger partial charge in [-0.15, -0.1) is 0 Å². The van der Waals surface area contributed by atoms with E-state index < -0.39 is 5.60 Å². The molecule has 0 saturated carbocycles. The van der Waals surface area contributed by atoms with Crippen molar-refractivity contribution in [3.63, 3.8) is 0 Å². The summed E-state index contributed by atoms with van der Waals surface area (Å²) in [6, 6.07) is 12.0. The quantitative estimate of drug-likeness (QED) is 0.313. The third-order valence-corrected chi connectivity index (χ3v) is 8.69. The molecule has 5 heterocycles. The molecule has 11 nitrogen and oxygen atoms in total. The van der Waals surface area contributed by atoms with Gasteiger partial charge in [-0.2, -0.15) is 0 Å². The topological polar surface area (TPSA) is 112 Å². The van der Waals surface area contributed by atoms with Crippen molar-refractivity contribution >= 4 is 28.6 Å². The Morgan fingerprint density at radius 1 is 1.05 bits per heavy atom. The van der Waals surface area contributed by atoms with E-state index in [1.807, 2.05) is 10.6 Å². The molecule has 11 heteroatoms. The van der Waals surface area contributed by atoms with Gasteiger partial charge in [-0.05, 0) is 70.1 Å². The van der Waals surface area contributed by atoms with Crippen molar-refractivity contribution in [3.8, 4) is 17.0 Å². The molecule has 232 valence electrons. The largest absolute Gasteiger partial charge is 0.496 e. The SMILES string of the molecule is COc1ccncc1-c1cc(C(=O)Nc2nc3ccc(N4CCC(N5CCN(C)CC5)CC4)cc3n2CC(C)(C)O)ccn1. The van der Waals surface area contributed by atoms with Crippen LogP contribution in [0.25, 0.3) is 22.3 Å². The minimum Gasteiger partial charge on any atom is -0.496 e. The second-order valence-electron chi connectivity index (χ2n) is 12.5. The number of nitrogens with one attached hydrogen (secondary N) is 1. The minimum atomic E-state index is -1.02. The van der Waals surface area contributed by atoms with Crippen LogP contribution in [0, 0.1) is 0 Å². The van der Waals surface area contributed by atoms with Gasteiger partial charge in [-0.3, -0.25) is 25.0 Å². The van der Waals surface area contributed by atoms with Gasteiger partial charge in [0.25, 0.3) is 5.91 Å². The highest BCUT2D eigenvalue weighted by Gasteiger charge is 2.28. The highest BCUT2D eigenvalue weighted by Crippen LogP contribution is 2.31. The molecular weight excluding hydrogens is 556 g/mol. The Kier molecular flexibility index (Phi) is 8.53. The molecule has 6 rings (SSSR count). The fourth-order valence-corrected chi connectivity index (χ4v) is 6.27. The molecule has 2 fully saturated rings. The molecule has 44 heavy (non-hydrogen) atoms. The van der Waals surface area contributed by atoms with Crippen LogP contribution in [0.2, 0.25) is 0 Å². The lowest BCUT2D eigenvalue weighted by atomic mass is 10.0. The van der Waals surface area contributed by atoms with Gasteiger partial charge in [0.1, 0.15) is 5.75 Å². The van der Waals surface area contributed by atoms with E-state index in [0.717, 1.165) is 68.8 Å². The number of piperidine rings is 1. The number of piperazine rings is 1. The van der Waals surface area contributed by atoms with Gasteiger partial charge in [-0.1, -0.05) is 0 Å². The molecule has 2 N–H and O–H groups in total. The third-order valence-electron chi connectivity index (χ3n) is 8.69. The number of hydrogen-bond acceptors (Lipinski definition) is 9. The Balaban J connectivity index is 1.23. The van der Waals surface area contributed by atoms with Crippen LogP contribution >= 0.6 is 0 Å². The first-order valence-corrected chi connectivity index (χ1v) is 15.3. The van der Waals surface area contributed by atoms with Gasteiger partial charge < -0.3 is 24.2 Å². The molecule has 2 saturated heterocycles. The van der Waals surface area contributed by atoms with Crippen molar-refractivity contribution < 1.29 is 14.6 Å². The van der Waals surface area contributed by atoms with E-state index in [4.69, 9.17) is 9.72 Å². The number of imidazole rings is 1. The smallest absolute Gasteiger partial charge is 0.258 e. The monoisotopic (exact) mass is 598 g/mol. The summed E-state index contributed by atoms with van der Waals surface area (Å²) in [6.07, 6.45) is 7.19. The summed E-state index contributed by atoms with van der Waals surface area (Å²) in [4.78, 5) is 34.4. The lowest BCUT2D eigenvalue weighted by Gasteiger charge is -2.42. The summed E-state index contributed by atoms with van der Waals surface area (Å²) in [5, 5.41) is 13.8. The maximum Gasteiger partial charge on any atom is 0.258 e. The standard InChI is InChI=1S/C33H42N8O3/c1-33(2,43)22-41-29-20-25(39-13-9-24(10-14-39)40-17-15-38(3)16-18-40)5-6-27(29)36-32(41)37-31(42)23-7-12-35-28(19-23)26-21-34-11-8-30(26)44-4/h5-8,11-12,19-21,24,43H,9-10,13-18,22H2,1-4H3,(H,36,37,42). The number of anilines is 2. The van der Waals surface area contributed by atoms with Crippen molar-refractivity contribution in [2.24, 2.45) is 0 Å². The molecule has 0 aliphatic carbocycles. The second-order valence-corrected chi connectivity index (χ2v) is 12.5. The number of methoxy groups -OCH3 is 1. The van der Waals surface area contributed by atoms with Crippen molar-refractivity contribution in [3.05, 3.63) is 60.6 Å². The number of aromatic nitrogens is 4. The Morgan fingerprint density at radius 3 is 2.55 bits per heavy atom. The predicted octanol–water partition coefficient (Wildman–Crippen LogP) is 3.74. The molecule has 4 aromatic rings. The lowest BCUT2D eigenvalue weighted by molar-refractivity contribution is 0.0630. The van der Waals surface area contributed by atoms with Crippen LogP contribution < -0.4 is 15.0 Å². The molecule has 0 spiro atoms. The number of aliphatic hydroxyl groups is 1. The summed E-state index contributed by atoms with van der Waals surface area (Å²) in [5.41, 5.74) is 3.44. The van der Waals surface area contributed by atoms with Gasteiger partial charge in [0.05, 0.1) is 41.5 Å². The van der Waals surface area contributed by atoms with Crippen molar-refractivity contribution in [2.75, 3.05) is 63.6 Å². The van der Waals surface area contributed by atoms with E-state index in [9.17, 15) is 9.90 Å². The molecule has 0 radical (unpaired) electrons. The number of likely N-dealkylation sites (N-methyl/N-ethyl adjacent to an activating group) is 1. The average molecular weight is 599 g/mol. The van der Waals surface area contributed by atoms with E-state index in [2.05, 4.69) is 49.2 Å². The molecule has 3 aromatic heterocycles. The van der Waals surface area contributed by atoms with Crippen molar-refractivity contribution in [1.29, 1.82) is 0 Å². The van der Waals surface area contributed by atoms with Gasteiger partial charge in [0.2, 0.25) is 5.95 Å². The van der Waals surface area contributed by atoms with Crippen LogP contribution in [-0.2, 0) is 6.54 Å². The Morgan fingerprint density at radius 2 is 1.82 bits per heavy atom. The molecule has 0 atom stereocenters. The fourth-order valence-electron chi connectivity index (χ4n) is 6.27. The van der Waals surface area contributed by atoms with Crippen molar-refractivity contribution in [2.45, 2.75) is 44.9 Å². The number of carbonyl (C=O) groups is 1. The molecule has 2 aliphatic rings. The van der Waals surface area contributed by atoms with Gasteiger partial charge in [0, 0.05) is 75.2 Å². The summed E-state index contributed by atoms with van der Waals surface area (Å²) >= 11 is 0. The highest BCUT2D eigenvalue weighted by molar-refractivity contribution is 6.04. The molecule has 2 aliphatic heterocycles. The maximum absolute atomic E-state index is 13.5. The molecule has 1 amide bonds. The lowest BCUT2D eigenvalue weighted by Crippen LogP contribution is -2.52. The van der Waals surface area contributed by atoms with E-state index in [0.29, 0.717) is 34.6 Å². The number of hydrogen-bond donors (Lipinski definition) is 2. The number of rotatable bonds is 8. The molecule has 0 bridgehead atoms. The Bertz CT molecular complexity index is 1620. The summed E-state index contributed by atoms with van der Waals surface area (Å²) in [5.74, 6) is 0.682. The zero-order chi connectivity index (χ0) is 30.8. The van der Waals surface area contributed by atoms with Crippen LogP contribution in [0.5, 0.6) is 5.75 Å². The zero-order valence-electron chi connectivity index (χ0n) is 26.0. The van der Waals surface area contributed by atoms with Crippen LogP contribution in [0.3, 0.4) is 0 Å². The molecular formula is C33H42N8O3. The minimum absolute atomic E-state index is 0.266. The third kappa shape index (κ3) is 6.54. The van der Waals surface area contributed by atoms with Crippen LogP contribution in [0.4, 0.5) is 11.6 Å². The van der Waals surface area contributed by atoms with Gasteiger partial charge in [0.15, 0.2) is 0 Å². The summed E-state index contributed by atoms with van der Waals surface area (Å²) in [6.45, 7) is 10.4. The van der Waals surface area contributed by atoms with Crippen molar-refractivity contribution in [1.82, 2.24) is 29.3 Å². The van der Waals surface area contributed by atoms with E-state index in [-0.39, 0.29) is 12.5 Å². The molecule has 1 aromatic carbocycles. The first-order valence-electron chi connectivity index (χ1n) is 15.3. The average Bonchev–Trinajstić information content (AvgIpc) is 3.35. The second kappa shape index (κ2) is 12.5. The number of fused-ring (bicyclic) bond motifs is 1.